The van der Waals surface area contributed by atoms with E-state index in [1.54, 1.807) is 55.8 Å². The first-order chi connectivity index (χ1) is 67.5. The highest BCUT2D eigenvalue weighted by Crippen LogP contribution is 2.55. The largest absolute Gasteiger partial charge is 0.435 e. The fourth-order valence-corrected chi connectivity index (χ4v) is 20.7. The lowest BCUT2D eigenvalue weighted by Gasteiger charge is -2.32. The number of aromatic nitrogens is 11. The van der Waals surface area contributed by atoms with Gasteiger partial charge in [0.1, 0.15) is 30.8 Å². The molecule has 5 aliphatic heterocycles. The summed E-state index contributed by atoms with van der Waals surface area (Å²) in [5.74, 6) is 5.30. The molecule has 5 atom stereocenters. The van der Waals surface area contributed by atoms with Crippen LogP contribution in [0.25, 0.3) is 110 Å². The van der Waals surface area contributed by atoms with Crippen molar-refractivity contribution in [3.8, 4) is 0 Å². The van der Waals surface area contributed by atoms with E-state index < -0.39 is 0 Å². The quantitative estimate of drug-likeness (QED) is 0.130. The van der Waals surface area contributed by atoms with E-state index in [4.69, 9.17) is 37.0 Å². The number of hydrogen-bond donors (Lipinski definition) is 0. The van der Waals surface area contributed by atoms with Crippen LogP contribution < -0.4 is 44.1 Å². The molecule has 8 aromatic carbocycles. The lowest BCUT2D eigenvalue weighted by Crippen LogP contribution is -2.42. The van der Waals surface area contributed by atoms with Crippen LogP contribution in [-0.4, -0.2) is 104 Å². The average Bonchev–Trinajstić information content (AvgIpc) is 1.61. The summed E-state index contributed by atoms with van der Waals surface area (Å²) in [6.45, 7) is 25.9. The summed E-state index contributed by atoms with van der Waals surface area (Å²) < 4.78 is 31.1. The summed E-state index contributed by atoms with van der Waals surface area (Å²) in [5, 5.41) is 10.6. The fraction of sp³-hybridized carbons (Fsp3) is 0.170. The van der Waals surface area contributed by atoms with Crippen molar-refractivity contribution < 1.29 is 22.1 Å². The SMILES string of the molecule is Cc1ccc2c(oc3ncccc32)c1N1C=CN(C)C1C.Cc1ccc2c(oc3ncccc32)c1N1c2cccnc2N(c2ccccc2)C1C.Cc1ccc2c(oc3ncccc32)c1N1c2ncccc2N(c2ccccc2)C1C.Cc1ccc2c(oc3ncccc32)c1N1c2nccnc2N(C(C)C)C1C.Cc1ccc2c(oc3ncccc32)c1N1c2nccnc2N(c2ccccc2)C1C. The van der Waals surface area contributed by atoms with Crippen molar-refractivity contribution in [2.75, 3.05) is 51.1 Å². The van der Waals surface area contributed by atoms with Gasteiger partial charge in [0.05, 0.1) is 39.8 Å². The van der Waals surface area contributed by atoms with Crippen LogP contribution in [0.4, 0.5) is 91.8 Å². The van der Waals surface area contributed by atoms with Crippen LogP contribution in [0.3, 0.4) is 0 Å². The molecule has 0 bridgehead atoms. The van der Waals surface area contributed by atoms with Gasteiger partial charge in [-0.05, 0) is 232 Å². The number of nitrogens with zero attached hydrogens (tertiary/aromatic N) is 21. The smallest absolute Gasteiger partial charge is 0.227 e. The van der Waals surface area contributed by atoms with Crippen LogP contribution in [0.1, 0.15) is 76.3 Å². The second kappa shape index (κ2) is 34.3. The van der Waals surface area contributed by atoms with Crippen molar-refractivity contribution in [1.82, 2.24) is 59.7 Å². The summed E-state index contributed by atoms with van der Waals surface area (Å²) in [6, 6.07) is 81.0. The van der Waals surface area contributed by atoms with Crippen LogP contribution in [0, 0.1) is 34.6 Å². The highest BCUT2D eigenvalue weighted by molar-refractivity contribution is 6.15. The molecule has 26 nitrogen and oxygen atoms in total. The molecule has 27 rings (SSSR count). The van der Waals surface area contributed by atoms with E-state index in [9.17, 15) is 0 Å². The van der Waals surface area contributed by atoms with Crippen molar-refractivity contribution in [2.24, 2.45) is 0 Å². The number of aryl methyl sites for hydroxylation is 5. The second-order valence-electron chi connectivity index (χ2n) is 35.6. The summed E-state index contributed by atoms with van der Waals surface area (Å²) in [4.78, 5) is 72.8. The van der Waals surface area contributed by atoms with Crippen LogP contribution >= 0.6 is 0 Å². The molecule has 5 aliphatic rings. The highest BCUT2D eigenvalue weighted by Gasteiger charge is 2.44. The van der Waals surface area contributed by atoms with E-state index in [-0.39, 0.29) is 30.8 Å². The predicted molar refractivity (Wildman–Crippen MR) is 552 cm³/mol. The van der Waals surface area contributed by atoms with Gasteiger partial charge in [0, 0.05) is 165 Å². The lowest BCUT2D eigenvalue weighted by molar-refractivity contribution is 0.383. The maximum Gasteiger partial charge on any atom is 0.227 e. The van der Waals surface area contributed by atoms with Crippen LogP contribution in [0.15, 0.2) is 339 Å². The number of furan rings is 5. The maximum absolute atomic E-state index is 6.29. The molecule has 138 heavy (non-hydrogen) atoms. The summed E-state index contributed by atoms with van der Waals surface area (Å²) in [7, 11) is 2.08. The van der Waals surface area contributed by atoms with Crippen LogP contribution in [0.5, 0.6) is 0 Å². The van der Waals surface area contributed by atoms with E-state index in [0.29, 0.717) is 34.6 Å². The Morgan fingerprint density at radius 3 is 0.884 bits per heavy atom. The molecule has 0 spiro atoms. The van der Waals surface area contributed by atoms with Crippen molar-refractivity contribution in [3.05, 3.63) is 345 Å². The minimum Gasteiger partial charge on any atom is -0.435 e. The topological polar surface area (TPSA) is 240 Å². The van der Waals surface area contributed by atoms with Gasteiger partial charge >= 0.3 is 0 Å². The van der Waals surface area contributed by atoms with Crippen molar-refractivity contribution in [1.29, 1.82) is 0 Å². The van der Waals surface area contributed by atoms with Gasteiger partial charge in [-0.25, -0.2) is 54.8 Å². The van der Waals surface area contributed by atoms with E-state index >= 15 is 0 Å². The molecule has 0 saturated carbocycles. The highest BCUT2D eigenvalue weighted by atomic mass is 16.4. The molecular formula is C112H97N21O5. The van der Waals surface area contributed by atoms with Gasteiger partial charge in [-0.2, -0.15) is 0 Å². The standard InChI is InChI=1S/2C25H20N4O.C24H19N5O.C21H21N5O.C17H17N3O/c1-16-12-13-19-20-10-6-15-27-25(20)30-23(19)22(16)29-17(2)28(18-8-4-3-5-9-18)24-21(29)11-7-14-26-24;1-16-12-13-19-20-10-6-15-27-25(20)30-23(19)22(16)29-17(2)28(18-8-4-3-5-9-18)21-11-7-14-26-24(21)29;1-15-10-11-18-19-9-6-12-27-24(19)30-21(18)20(15)29-16(2)28(17-7-4-3-5-8-17)22-23(29)26-14-13-25-22;1-12(2)25-14(4)26(20-19(25)22-10-11-23-20)17-13(3)7-8-15-16-6-5-9-24-21(16)27-18(15)17;1-11-6-7-13-14-5-4-8-18-17(14)21-16(13)15(11)20-10-9-19(3)12(20)2/h2*3-15,17H,1-2H3;3-14,16H,1-2H3;5-12,14H,1-4H3;4-10,12H,1-3H3. The number of para-hydroxylation sites is 3. The zero-order valence-electron chi connectivity index (χ0n) is 78.4. The molecular weight excluding hydrogens is 1720 g/mol. The first-order valence-corrected chi connectivity index (χ1v) is 46.5. The molecule has 5 unspecified atom stereocenters. The Morgan fingerprint density at radius 1 is 0.232 bits per heavy atom. The zero-order valence-corrected chi connectivity index (χ0v) is 78.4. The molecule has 22 aromatic rings. The van der Waals surface area contributed by atoms with Crippen molar-refractivity contribution in [2.45, 2.75) is 120 Å². The minimum atomic E-state index is -0.0322. The van der Waals surface area contributed by atoms with Gasteiger partial charge in [-0.3, -0.25) is 14.7 Å². The molecule has 0 amide bonds. The molecule has 19 heterocycles. The van der Waals surface area contributed by atoms with Crippen LogP contribution in [-0.2, 0) is 0 Å². The van der Waals surface area contributed by atoms with Gasteiger partial charge < -0.3 is 56.4 Å². The first kappa shape index (κ1) is 84.9. The van der Waals surface area contributed by atoms with Crippen molar-refractivity contribution >= 4 is 202 Å². The molecule has 0 fully saturated rings. The molecule has 0 aliphatic carbocycles. The Labute approximate surface area is 795 Å². The monoisotopic (exact) mass is 1820 g/mol. The average molecular weight is 1820 g/mol. The lowest BCUT2D eigenvalue weighted by atomic mass is 10.1. The Kier molecular flexibility index (Phi) is 21.1. The molecule has 0 saturated heterocycles. The Bertz CT molecular complexity index is 7960. The summed E-state index contributed by atoms with van der Waals surface area (Å²) in [5.41, 5.74) is 24.1. The van der Waals surface area contributed by atoms with E-state index in [2.05, 4.69) is 349 Å². The second-order valence-corrected chi connectivity index (χ2v) is 35.6. The normalized spacial score (nSPS) is 16.4. The van der Waals surface area contributed by atoms with E-state index in [1.165, 1.54) is 5.56 Å². The molecule has 680 valence electrons. The van der Waals surface area contributed by atoms with Gasteiger partial charge in [0.2, 0.25) is 28.6 Å². The van der Waals surface area contributed by atoms with Gasteiger partial charge in [-0.1, -0.05) is 115 Å². The minimum absolute atomic E-state index is 0.0303. The fourth-order valence-electron chi connectivity index (χ4n) is 20.7. The number of benzene rings is 8. The predicted octanol–water partition coefficient (Wildman–Crippen LogP) is 27.0. The molecule has 26 heteroatoms. The van der Waals surface area contributed by atoms with Crippen LogP contribution in [0.2, 0.25) is 0 Å². The number of hydrogen-bond acceptors (Lipinski definition) is 26. The molecule has 0 radical (unpaired) electrons. The Balaban J connectivity index is 0.0000000971. The zero-order chi connectivity index (χ0) is 94.0. The number of fused-ring (bicyclic) bond motifs is 19. The third-order valence-corrected chi connectivity index (χ3v) is 27.1. The number of anilines is 16. The summed E-state index contributed by atoms with van der Waals surface area (Å²) in [6.07, 6.45) is 24.1. The van der Waals surface area contributed by atoms with Gasteiger partial charge in [-0.15, -0.1) is 0 Å². The van der Waals surface area contributed by atoms with Gasteiger partial charge in [0.25, 0.3) is 0 Å². The summed E-state index contributed by atoms with van der Waals surface area (Å²) >= 11 is 0. The van der Waals surface area contributed by atoms with E-state index in [1.807, 2.05) is 91.3 Å². The molecule has 0 N–H and O–H groups in total. The third kappa shape index (κ3) is 13.9. The third-order valence-electron chi connectivity index (χ3n) is 27.1. The Hall–Kier alpha value is -17.3. The Morgan fingerprint density at radius 2 is 0.507 bits per heavy atom. The van der Waals surface area contributed by atoms with Gasteiger partial charge in [0.15, 0.2) is 62.8 Å². The number of pyridine rings is 7. The van der Waals surface area contributed by atoms with E-state index in [0.717, 1.165) is 196 Å². The first-order valence-electron chi connectivity index (χ1n) is 46.5. The maximum atomic E-state index is 6.29. The molecule has 14 aromatic heterocycles. The van der Waals surface area contributed by atoms with Crippen molar-refractivity contribution in [3.63, 3.8) is 0 Å². The number of rotatable bonds is 9.